The summed E-state index contributed by atoms with van der Waals surface area (Å²) in [5.41, 5.74) is 10.1. The summed E-state index contributed by atoms with van der Waals surface area (Å²) in [6.07, 6.45) is 1.26. The first-order chi connectivity index (χ1) is 15.5. The molecule has 0 atom stereocenters. The molecule has 0 radical (unpaired) electrons. The molecule has 0 saturated heterocycles. The molecule has 2 aliphatic rings. The maximum atomic E-state index is 11.9. The lowest BCUT2D eigenvalue weighted by Gasteiger charge is -2.12. The number of benzene rings is 2. The van der Waals surface area contributed by atoms with Crippen molar-refractivity contribution in [3.63, 3.8) is 0 Å². The van der Waals surface area contributed by atoms with E-state index in [0.29, 0.717) is 35.2 Å². The fourth-order valence-electron chi connectivity index (χ4n) is 3.45. The van der Waals surface area contributed by atoms with E-state index < -0.39 is 0 Å². The number of fused-ring (bicyclic) bond motifs is 2. The first-order valence-electron chi connectivity index (χ1n) is 9.98. The molecule has 4 amide bonds. The summed E-state index contributed by atoms with van der Waals surface area (Å²) in [5, 5.41) is 4.16. The van der Waals surface area contributed by atoms with Gasteiger partial charge in [-0.25, -0.2) is 0 Å². The molecule has 164 valence electrons. The molecule has 2 aromatic rings. The van der Waals surface area contributed by atoms with Crippen LogP contribution in [0.3, 0.4) is 0 Å². The van der Waals surface area contributed by atoms with Crippen molar-refractivity contribution in [2.45, 2.75) is 12.8 Å². The van der Waals surface area contributed by atoms with Crippen molar-refractivity contribution in [3.8, 4) is 0 Å². The SMILES string of the molecule is O=C1c2ccccc2C(=O)N1CCCBr.[N-]=[N+]=NCCCN1C(=O)c2ccccc2C1=O. The van der Waals surface area contributed by atoms with Crippen LogP contribution >= 0.6 is 15.9 Å². The second kappa shape index (κ2) is 10.7. The van der Waals surface area contributed by atoms with E-state index in [4.69, 9.17) is 5.53 Å². The van der Waals surface area contributed by atoms with Gasteiger partial charge in [-0.15, -0.1) is 0 Å². The van der Waals surface area contributed by atoms with Crippen LogP contribution in [0.4, 0.5) is 0 Å². The van der Waals surface area contributed by atoms with Gasteiger partial charge in [-0.05, 0) is 42.6 Å². The number of hydrogen-bond acceptors (Lipinski definition) is 5. The Balaban J connectivity index is 0.000000182. The molecule has 2 heterocycles. The Morgan fingerprint density at radius 2 is 1.09 bits per heavy atom. The van der Waals surface area contributed by atoms with Crippen molar-refractivity contribution in [1.82, 2.24) is 9.80 Å². The minimum absolute atomic E-state index is 0.170. The molecule has 0 spiro atoms. The van der Waals surface area contributed by atoms with E-state index in [2.05, 4.69) is 26.0 Å². The van der Waals surface area contributed by atoms with Crippen LogP contribution in [-0.4, -0.2) is 58.4 Å². The lowest BCUT2D eigenvalue weighted by atomic mass is 10.1. The quantitative estimate of drug-likeness (QED) is 0.143. The molecular formula is C22H20BrN5O4. The smallest absolute Gasteiger partial charge is 0.261 e. The summed E-state index contributed by atoms with van der Waals surface area (Å²) in [4.78, 5) is 52.5. The van der Waals surface area contributed by atoms with Crippen LogP contribution in [0.1, 0.15) is 54.3 Å². The van der Waals surface area contributed by atoms with Gasteiger partial charge in [-0.2, -0.15) is 0 Å². The average molecular weight is 498 g/mol. The molecule has 10 heteroatoms. The number of imide groups is 2. The van der Waals surface area contributed by atoms with Crippen molar-refractivity contribution in [1.29, 1.82) is 0 Å². The number of alkyl halides is 1. The first-order valence-corrected chi connectivity index (χ1v) is 11.1. The van der Waals surface area contributed by atoms with E-state index >= 15 is 0 Å². The molecule has 0 N–H and O–H groups in total. The van der Waals surface area contributed by atoms with Crippen molar-refractivity contribution >= 4 is 39.6 Å². The fourth-order valence-corrected chi connectivity index (χ4v) is 3.70. The summed E-state index contributed by atoms with van der Waals surface area (Å²) in [6.45, 7) is 1.05. The Kier molecular flexibility index (Phi) is 7.75. The minimum Gasteiger partial charge on any atom is -0.274 e. The van der Waals surface area contributed by atoms with Gasteiger partial charge in [0.15, 0.2) is 0 Å². The summed E-state index contributed by atoms with van der Waals surface area (Å²) in [5.74, 6) is -0.883. The normalized spacial score (nSPS) is 14.0. The summed E-state index contributed by atoms with van der Waals surface area (Å²) in [7, 11) is 0. The molecule has 0 fully saturated rings. The Morgan fingerprint density at radius 3 is 1.44 bits per heavy atom. The largest absolute Gasteiger partial charge is 0.274 e. The van der Waals surface area contributed by atoms with Crippen LogP contribution in [0, 0.1) is 0 Å². The lowest BCUT2D eigenvalue weighted by Crippen LogP contribution is -2.31. The van der Waals surface area contributed by atoms with Gasteiger partial charge in [-0.3, -0.25) is 29.0 Å². The zero-order chi connectivity index (χ0) is 23.1. The average Bonchev–Trinajstić information content (AvgIpc) is 3.21. The Bertz CT molecular complexity index is 1040. The number of halogens is 1. The number of carbonyl (C=O) groups excluding carboxylic acids is 4. The molecule has 0 unspecified atom stereocenters. The van der Waals surface area contributed by atoms with E-state index in [9.17, 15) is 19.2 Å². The third-order valence-electron chi connectivity index (χ3n) is 4.97. The van der Waals surface area contributed by atoms with Crippen LogP contribution < -0.4 is 0 Å². The number of nitrogens with zero attached hydrogens (tertiary/aromatic N) is 5. The third kappa shape index (κ3) is 4.71. The van der Waals surface area contributed by atoms with E-state index in [1.54, 1.807) is 48.5 Å². The summed E-state index contributed by atoms with van der Waals surface area (Å²) >= 11 is 3.28. The van der Waals surface area contributed by atoms with Crippen molar-refractivity contribution in [2.75, 3.05) is 25.0 Å². The van der Waals surface area contributed by atoms with E-state index in [1.165, 1.54) is 9.80 Å². The van der Waals surface area contributed by atoms with Crippen LogP contribution in [0.5, 0.6) is 0 Å². The van der Waals surface area contributed by atoms with Gasteiger partial charge < -0.3 is 0 Å². The van der Waals surface area contributed by atoms with Crippen molar-refractivity contribution in [2.24, 2.45) is 5.11 Å². The highest BCUT2D eigenvalue weighted by Gasteiger charge is 2.35. The lowest BCUT2D eigenvalue weighted by molar-refractivity contribution is 0.0638. The van der Waals surface area contributed by atoms with Gasteiger partial charge >= 0.3 is 0 Å². The van der Waals surface area contributed by atoms with E-state index in [0.717, 1.165) is 11.8 Å². The van der Waals surface area contributed by atoms with Crippen molar-refractivity contribution < 1.29 is 19.2 Å². The fraction of sp³-hybridized carbons (Fsp3) is 0.273. The highest BCUT2D eigenvalue weighted by atomic mass is 79.9. The molecule has 0 aliphatic carbocycles. The van der Waals surface area contributed by atoms with Gasteiger partial charge in [0.25, 0.3) is 23.6 Å². The number of carbonyl (C=O) groups is 4. The molecule has 0 bridgehead atoms. The Morgan fingerprint density at radius 1 is 0.719 bits per heavy atom. The monoisotopic (exact) mass is 497 g/mol. The molecule has 32 heavy (non-hydrogen) atoms. The Hall–Kier alpha value is -3.49. The van der Waals surface area contributed by atoms with Crippen LogP contribution in [0.2, 0.25) is 0 Å². The molecule has 0 saturated carbocycles. The molecular weight excluding hydrogens is 478 g/mol. The van der Waals surface area contributed by atoms with Gasteiger partial charge in [0.05, 0.1) is 22.3 Å². The molecule has 2 aliphatic heterocycles. The molecule has 4 rings (SSSR count). The van der Waals surface area contributed by atoms with Crippen LogP contribution in [-0.2, 0) is 0 Å². The zero-order valence-corrected chi connectivity index (χ0v) is 18.7. The predicted octanol–water partition coefficient (Wildman–Crippen LogP) is 4.05. The first kappa shape index (κ1) is 23.2. The van der Waals surface area contributed by atoms with Gasteiger partial charge in [0, 0.05) is 29.9 Å². The van der Waals surface area contributed by atoms with Gasteiger partial charge in [-0.1, -0.05) is 45.3 Å². The predicted molar refractivity (Wildman–Crippen MR) is 121 cm³/mol. The second-order valence-electron chi connectivity index (χ2n) is 6.97. The van der Waals surface area contributed by atoms with E-state index in [1.807, 2.05) is 0 Å². The van der Waals surface area contributed by atoms with Crippen LogP contribution in [0.25, 0.3) is 10.4 Å². The standard InChI is InChI=1S/C11H10BrNO2.C11H10N4O2/c12-6-3-7-13-10(14)8-4-1-2-5-9(8)11(13)15;12-14-13-6-3-7-15-10(16)8-4-1-2-5-9(8)11(15)17/h1-2,4-5H,3,6-7H2;1-2,4-5H,3,6-7H2. The zero-order valence-electron chi connectivity index (χ0n) is 17.1. The third-order valence-corrected chi connectivity index (χ3v) is 5.54. The summed E-state index contributed by atoms with van der Waals surface area (Å²) in [6, 6.07) is 13.7. The topological polar surface area (TPSA) is 124 Å². The molecule has 0 aromatic heterocycles. The Labute approximate surface area is 192 Å². The van der Waals surface area contributed by atoms with Crippen LogP contribution in [0.15, 0.2) is 53.6 Å². The number of rotatable bonds is 7. The highest BCUT2D eigenvalue weighted by Crippen LogP contribution is 2.23. The van der Waals surface area contributed by atoms with Gasteiger partial charge in [0.2, 0.25) is 0 Å². The number of azide groups is 1. The molecule has 9 nitrogen and oxygen atoms in total. The maximum Gasteiger partial charge on any atom is 0.261 e. The van der Waals surface area contributed by atoms with Gasteiger partial charge in [0.1, 0.15) is 0 Å². The summed E-state index contributed by atoms with van der Waals surface area (Å²) < 4.78 is 0. The maximum absolute atomic E-state index is 11.9. The number of hydrogen-bond donors (Lipinski definition) is 0. The molecule has 2 aromatic carbocycles. The minimum atomic E-state index is -0.272. The second-order valence-corrected chi connectivity index (χ2v) is 7.76. The van der Waals surface area contributed by atoms with Crippen molar-refractivity contribution in [3.05, 3.63) is 81.2 Å². The van der Waals surface area contributed by atoms with E-state index in [-0.39, 0.29) is 36.7 Å². The highest BCUT2D eigenvalue weighted by molar-refractivity contribution is 9.09. The number of amides is 4.